The first-order valence-electron chi connectivity index (χ1n) is 17.8. The summed E-state index contributed by atoms with van der Waals surface area (Å²) in [6.07, 6.45) is 0. The molecule has 0 saturated heterocycles. The number of hydrogen-bond acceptors (Lipinski definition) is 5. The maximum absolute atomic E-state index is 6.75. The first-order valence-corrected chi connectivity index (χ1v) is 17.8. The van der Waals surface area contributed by atoms with Gasteiger partial charge in [0.2, 0.25) is 0 Å². The van der Waals surface area contributed by atoms with Gasteiger partial charge in [0.15, 0.2) is 40.5 Å². The summed E-state index contributed by atoms with van der Waals surface area (Å²) in [5, 5.41) is 0. The highest BCUT2D eigenvalue weighted by Gasteiger charge is 2.37. The van der Waals surface area contributed by atoms with Gasteiger partial charge in [0.25, 0.3) is 0 Å². The maximum atomic E-state index is 6.75. The zero-order valence-corrected chi connectivity index (χ0v) is 29.2. The quantitative estimate of drug-likeness (QED) is 0.181. The van der Waals surface area contributed by atoms with E-state index in [9.17, 15) is 0 Å². The predicted molar refractivity (Wildman–Crippen MR) is 211 cm³/mol. The summed E-state index contributed by atoms with van der Waals surface area (Å²) < 4.78 is 13.3. The van der Waals surface area contributed by atoms with Crippen LogP contribution in [0.2, 0.25) is 0 Å². The highest BCUT2D eigenvalue weighted by atomic mass is 16.6. The summed E-state index contributed by atoms with van der Waals surface area (Å²) in [5.41, 5.74) is 11.8. The molecule has 0 amide bonds. The van der Waals surface area contributed by atoms with Crippen LogP contribution in [-0.2, 0) is 5.41 Å². The van der Waals surface area contributed by atoms with Crippen LogP contribution in [0.3, 0.4) is 0 Å². The molecule has 5 heteroatoms. The topological polar surface area (TPSA) is 57.1 Å². The van der Waals surface area contributed by atoms with E-state index < -0.39 is 0 Å². The summed E-state index contributed by atoms with van der Waals surface area (Å²) in [6, 6.07) is 56.0. The van der Waals surface area contributed by atoms with Gasteiger partial charge in [-0.15, -0.1) is 0 Å². The molecule has 8 aromatic rings. The van der Waals surface area contributed by atoms with Gasteiger partial charge in [0.05, 0.1) is 0 Å². The summed E-state index contributed by atoms with van der Waals surface area (Å²) in [5.74, 6) is 4.62. The molecule has 1 aromatic heterocycles. The Bertz CT molecular complexity index is 2690. The maximum Gasteiger partial charge on any atom is 0.177 e. The molecule has 2 heterocycles. The van der Waals surface area contributed by atoms with Crippen molar-refractivity contribution in [3.63, 3.8) is 0 Å². The standard InChI is InChI=1S/C48H33N3O2/c1-48(2)39-21-10-9-19-37(39)38-28-42-43(29-40(38)48)52-41-22-12-20-36(44(41)53-42)34-17-11-18-35(27-34)47-50-45(32-15-7-4-8-16-32)49-46(51-47)33-25-23-31(24-26-33)30-13-5-3-6-14-30/h3-29H,1-2H3. The van der Waals surface area contributed by atoms with Crippen molar-refractivity contribution < 1.29 is 9.47 Å². The molecule has 0 atom stereocenters. The fourth-order valence-corrected chi connectivity index (χ4v) is 7.64. The Labute approximate surface area is 308 Å². The second kappa shape index (κ2) is 12.1. The van der Waals surface area contributed by atoms with Crippen LogP contribution in [0.1, 0.15) is 25.0 Å². The molecule has 10 rings (SSSR count). The molecule has 53 heavy (non-hydrogen) atoms. The lowest BCUT2D eigenvalue weighted by Crippen LogP contribution is -2.15. The average molecular weight is 684 g/mol. The SMILES string of the molecule is CC1(C)c2ccccc2-c2cc3c(cc21)Oc1cccc(-c2cccc(-c4nc(-c5ccccc5)nc(-c5ccc(-c6ccccc6)cc5)n4)c2)c1O3. The largest absolute Gasteiger partial charge is 0.449 e. The Hall–Kier alpha value is -6.85. The Morgan fingerprint density at radius 1 is 0.358 bits per heavy atom. The molecule has 1 aliphatic carbocycles. The highest BCUT2D eigenvalue weighted by Crippen LogP contribution is 2.56. The molecule has 0 bridgehead atoms. The third-order valence-corrected chi connectivity index (χ3v) is 10.4. The fourth-order valence-electron chi connectivity index (χ4n) is 7.64. The number of para-hydroxylation sites is 1. The molecular weight excluding hydrogens is 651 g/mol. The van der Waals surface area contributed by atoms with E-state index in [1.807, 2.05) is 60.7 Å². The Morgan fingerprint density at radius 3 is 1.64 bits per heavy atom. The molecule has 5 nitrogen and oxygen atoms in total. The van der Waals surface area contributed by atoms with Gasteiger partial charge in [-0.1, -0.05) is 153 Å². The van der Waals surface area contributed by atoms with Crippen LogP contribution in [0.15, 0.2) is 164 Å². The lowest BCUT2D eigenvalue weighted by atomic mass is 9.82. The van der Waals surface area contributed by atoms with E-state index in [-0.39, 0.29) is 5.41 Å². The van der Waals surface area contributed by atoms with Crippen LogP contribution in [0.4, 0.5) is 0 Å². The molecule has 7 aromatic carbocycles. The van der Waals surface area contributed by atoms with Gasteiger partial charge in [-0.2, -0.15) is 0 Å². The van der Waals surface area contributed by atoms with E-state index in [2.05, 4.69) is 117 Å². The van der Waals surface area contributed by atoms with Gasteiger partial charge in [-0.25, -0.2) is 15.0 Å². The number of benzene rings is 7. The molecule has 0 unspecified atom stereocenters. The van der Waals surface area contributed by atoms with Crippen LogP contribution in [0.5, 0.6) is 23.0 Å². The molecule has 1 aliphatic heterocycles. The molecule has 2 aliphatic rings. The van der Waals surface area contributed by atoms with Crippen LogP contribution in [0, 0.1) is 0 Å². The minimum atomic E-state index is -0.131. The highest BCUT2D eigenvalue weighted by molar-refractivity contribution is 5.85. The van der Waals surface area contributed by atoms with Crippen molar-refractivity contribution in [2.24, 2.45) is 0 Å². The number of rotatable bonds is 5. The fraction of sp³-hybridized carbons (Fsp3) is 0.0625. The third kappa shape index (κ3) is 5.28. The van der Waals surface area contributed by atoms with Crippen LogP contribution in [0.25, 0.3) is 67.5 Å². The average Bonchev–Trinajstić information content (AvgIpc) is 3.44. The number of nitrogens with zero attached hydrogens (tertiary/aromatic N) is 3. The lowest BCUT2D eigenvalue weighted by molar-refractivity contribution is 0.360. The molecule has 252 valence electrons. The molecule has 0 spiro atoms. The second-order valence-corrected chi connectivity index (χ2v) is 14.0. The van der Waals surface area contributed by atoms with Crippen molar-refractivity contribution in [2.45, 2.75) is 19.3 Å². The molecular formula is C48H33N3O2. The third-order valence-electron chi connectivity index (χ3n) is 10.4. The lowest BCUT2D eigenvalue weighted by Gasteiger charge is -2.26. The summed E-state index contributed by atoms with van der Waals surface area (Å²) in [6.45, 7) is 4.54. The number of aromatic nitrogens is 3. The molecule has 0 fully saturated rings. The van der Waals surface area contributed by atoms with Gasteiger partial charge in [-0.05, 0) is 63.2 Å². The molecule has 0 radical (unpaired) electrons. The number of ether oxygens (including phenoxy) is 2. The van der Waals surface area contributed by atoms with Crippen molar-refractivity contribution in [3.05, 3.63) is 175 Å². The van der Waals surface area contributed by atoms with Crippen molar-refractivity contribution in [1.82, 2.24) is 15.0 Å². The summed E-state index contributed by atoms with van der Waals surface area (Å²) in [7, 11) is 0. The van der Waals surface area contributed by atoms with E-state index in [0.717, 1.165) is 44.7 Å². The summed E-state index contributed by atoms with van der Waals surface area (Å²) in [4.78, 5) is 15.0. The van der Waals surface area contributed by atoms with Crippen molar-refractivity contribution in [2.75, 3.05) is 0 Å². The minimum absolute atomic E-state index is 0.131. The first kappa shape index (κ1) is 30.9. The van der Waals surface area contributed by atoms with E-state index in [0.29, 0.717) is 34.7 Å². The van der Waals surface area contributed by atoms with E-state index in [1.54, 1.807) is 0 Å². The van der Waals surface area contributed by atoms with Gasteiger partial charge in [0, 0.05) is 27.7 Å². The Balaban J connectivity index is 1.04. The minimum Gasteiger partial charge on any atom is -0.449 e. The molecule has 0 saturated carbocycles. The van der Waals surface area contributed by atoms with E-state index >= 15 is 0 Å². The number of fused-ring (bicyclic) bond motifs is 5. The normalized spacial score (nSPS) is 13.2. The zero-order valence-electron chi connectivity index (χ0n) is 29.2. The van der Waals surface area contributed by atoms with Crippen LogP contribution >= 0.6 is 0 Å². The van der Waals surface area contributed by atoms with Crippen LogP contribution < -0.4 is 9.47 Å². The Kier molecular flexibility index (Phi) is 7.08. The predicted octanol–water partition coefficient (Wildman–Crippen LogP) is 12.4. The van der Waals surface area contributed by atoms with Crippen molar-refractivity contribution in [1.29, 1.82) is 0 Å². The van der Waals surface area contributed by atoms with E-state index in [1.165, 1.54) is 22.3 Å². The smallest absolute Gasteiger partial charge is 0.177 e. The zero-order chi connectivity index (χ0) is 35.5. The van der Waals surface area contributed by atoms with Gasteiger partial charge < -0.3 is 9.47 Å². The monoisotopic (exact) mass is 683 g/mol. The van der Waals surface area contributed by atoms with Crippen molar-refractivity contribution in [3.8, 4) is 90.5 Å². The van der Waals surface area contributed by atoms with E-state index in [4.69, 9.17) is 24.4 Å². The second-order valence-electron chi connectivity index (χ2n) is 14.0. The Morgan fingerprint density at radius 2 is 0.887 bits per heavy atom. The first-order chi connectivity index (χ1) is 26.0. The van der Waals surface area contributed by atoms with Crippen molar-refractivity contribution >= 4 is 0 Å². The summed E-state index contributed by atoms with van der Waals surface area (Å²) >= 11 is 0. The molecule has 0 N–H and O–H groups in total. The van der Waals surface area contributed by atoms with Gasteiger partial charge in [0.1, 0.15) is 0 Å². The van der Waals surface area contributed by atoms with Crippen LogP contribution in [-0.4, -0.2) is 15.0 Å². The van der Waals surface area contributed by atoms with Gasteiger partial charge in [-0.3, -0.25) is 0 Å². The number of hydrogen-bond donors (Lipinski definition) is 0. The van der Waals surface area contributed by atoms with Gasteiger partial charge >= 0.3 is 0 Å².